The molecule has 0 aromatic carbocycles. The van der Waals surface area contributed by atoms with Crippen molar-refractivity contribution in [3.8, 4) is 0 Å². The van der Waals surface area contributed by atoms with Gasteiger partial charge in [-0.1, -0.05) is 26.7 Å². The van der Waals surface area contributed by atoms with E-state index in [1.165, 1.54) is 64.3 Å². The highest BCUT2D eigenvalue weighted by Crippen LogP contribution is 2.31. The van der Waals surface area contributed by atoms with Crippen LogP contribution in [0.5, 0.6) is 0 Å². The van der Waals surface area contributed by atoms with Crippen molar-refractivity contribution >= 4 is 0 Å². The largest absolute Gasteiger partial charge is 0.328 e. The second-order valence-corrected chi connectivity index (χ2v) is 6.93. The van der Waals surface area contributed by atoms with Crippen LogP contribution in [0.25, 0.3) is 0 Å². The molecule has 2 rings (SSSR count). The van der Waals surface area contributed by atoms with E-state index >= 15 is 0 Å². The van der Waals surface area contributed by atoms with Crippen molar-refractivity contribution in [2.45, 2.75) is 89.8 Å². The Hall–Kier alpha value is -0.0800. The zero-order valence-corrected chi connectivity index (χ0v) is 12.4. The summed E-state index contributed by atoms with van der Waals surface area (Å²) < 4.78 is 0. The van der Waals surface area contributed by atoms with Crippen molar-refractivity contribution in [1.82, 2.24) is 4.90 Å². The quantitative estimate of drug-likeness (QED) is 0.811. The second-order valence-electron chi connectivity index (χ2n) is 6.93. The first-order valence-electron chi connectivity index (χ1n) is 8.18. The Balaban J connectivity index is 1.90. The van der Waals surface area contributed by atoms with Crippen molar-refractivity contribution in [2.24, 2.45) is 11.7 Å². The number of hydrogen-bond acceptors (Lipinski definition) is 2. The van der Waals surface area contributed by atoms with E-state index < -0.39 is 0 Å². The molecule has 0 heterocycles. The molecular formula is C16H32N2. The summed E-state index contributed by atoms with van der Waals surface area (Å²) in [7, 11) is 0. The topological polar surface area (TPSA) is 29.3 Å². The maximum atomic E-state index is 6.05. The summed E-state index contributed by atoms with van der Waals surface area (Å²) in [5.74, 6) is 0.833. The maximum Gasteiger partial charge on any atom is 0.00993 e. The van der Waals surface area contributed by atoms with Crippen molar-refractivity contribution < 1.29 is 0 Å². The summed E-state index contributed by atoms with van der Waals surface area (Å²) in [5.41, 5.74) is 6.05. The maximum absolute atomic E-state index is 6.05. The van der Waals surface area contributed by atoms with Gasteiger partial charge in [0.1, 0.15) is 0 Å². The van der Waals surface area contributed by atoms with Gasteiger partial charge in [0.2, 0.25) is 0 Å². The fourth-order valence-corrected chi connectivity index (χ4v) is 3.74. The molecule has 0 atom stereocenters. The van der Waals surface area contributed by atoms with Crippen molar-refractivity contribution in [1.29, 1.82) is 0 Å². The normalized spacial score (nSPS) is 30.5. The molecule has 0 radical (unpaired) electrons. The zero-order chi connectivity index (χ0) is 13.0. The van der Waals surface area contributed by atoms with Gasteiger partial charge in [0.15, 0.2) is 0 Å². The molecule has 106 valence electrons. The van der Waals surface area contributed by atoms with Gasteiger partial charge in [0.25, 0.3) is 0 Å². The number of hydrogen-bond donors (Lipinski definition) is 1. The van der Waals surface area contributed by atoms with Crippen LogP contribution in [-0.4, -0.2) is 29.6 Å². The summed E-state index contributed by atoms with van der Waals surface area (Å²) >= 11 is 0. The summed E-state index contributed by atoms with van der Waals surface area (Å²) in [6.07, 6.45) is 12.3. The predicted molar refractivity (Wildman–Crippen MR) is 78.6 cm³/mol. The van der Waals surface area contributed by atoms with Crippen LogP contribution in [0.1, 0.15) is 71.6 Å². The molecule has 0 aromatic rings. The highest BCUT2D eigenvalue weighted by molar-refractivity contribution is 4.87. The fourth-order valence-electron chi connectivity index (χ4n) is 3.74. The van der Waals surface area contributed by atoms with Gasteiger partial charge in [-0.2, -0.15) is 0 Å². The molecule has 0 unspecified atom stereocenters. The Morgan fingerprint density at radius 1 is 0.944 bits per heavy atom. The average molecular weight is 252 g/mol. The van der Waals surface area contributed by atoms with Crippen LogP contribution >= 0.6 is 0 Å². The lowest BCUT2D eigenvalue weighted by atomic mass is 9.89. The highest BCUT2D eigenvalue weighted by Gasteiger charge is 2.30. The van der Waals surface area contributed by atoms with Crippen LogP contribution in [0.3, 0.4) is 0 Å². The van der Waals surface area contributed by atoms with Crippen LogP contribution in [0.15, 0.2) is 0 Å². The molecule has 2 fully saturated rings. The van der Waals surface area contributed by atoms with E-state index in [-0.39, 0.29) is 0 Å². The molecule has 2 heteroatoms. The van der Waals surface area contributed by atoms with E-state index in [0.717, 1.165) is 18.0 Å². The first-order chi connectivity index (χ1) is 8.66. The van der Waals surface area contributed by atoms with Gasteiger partial charge < -0.3 is 5.73 Å². The average Bonchev–Trinajstić information content (AvgIpc) is 2.85. The third kappa shape index (κ3) is 3.96. The molecule has 18 heavy (non-hydrogen) atoms. The van der Waals surface area contributed by atoms with Gasteiger partial charge in [-0.3, -0.25) is 4.90 Å². The van der Waals surface area contributed by atoms with E-state index in [4.69, 9.17) is 5.73 Å². The number of rotatable bonds is 5. The molecule has 2 saturated carbocycles. The predicted octanol–water partition coefficient (Wildman–Crippen LogP) is 3.55. The molecule has 0 amide bonds. The SMILES string of the molecule is CC(C)CCN(C1CCCC1)C1CCC(N)CC1. The Kier molecular flexibility index (Phi) is 5.50. The van der Waals surface area contributed by atoms with Crippen LogP contribution in [-0.2, 0) is 0 Å². The zero-order valence-electron chi connectivity index (χ0n) is 12.4. The van der Waals surface area contributed by atoms with E-state index in [9.17, 15) is 0 Å². The Morgan fingerprint density at radius 2 is 1.50 bits per heavy atom. The first-order valence-corrected chi connectivity index (χ1v) is 8.18. The van der Waals surface area contributed by atoms with Crippen molar-refractivity contribution in [3.63, 3.8) is 0 Å². The highest BCUT2D eigenvalue weighted by atomic mass is 15.2. The molecular weight excluding hydrogens is 220 g/mol. The molecule has 2 aliphatic rings. The lowest BCUT2D eigenvalue weighted by Gasteiger charge is -2.40. The fraction of sp³-hybridized carbons (Fsp3) is 1.00. The van der Waals surface area contributed by atoms with E-state index in [0.29, 0.717) is 6.04 Å². The summed E-state index contributed by atoms with van der Waals surface area (Å²) in [6.45, 7) is 6.02. The van der Waals surface area contributed by atoms with Crippen molar-refractivity contribution in [3.05, 3.63) is 0 Å². The van der Waals surface area contributed by atoms with Gasteiger partial charge in [-0.25, -0.2) is 0 Å². The molecule has 2 aliphatic carbocycles. The van der Waals surface area contributed by atoms with E-state index in [1.807, 2.05) is 0 Å². The minimum atomic E-state index is 0.483. The summed E-state index contributed by atoms with van der Waals surface area (Å²) in [4.78, 5) is 2.87. The van der Waals surface area contributed by atoms with Gasteiger partial charge in [-0.15, -0.1) is 0 Å². The van der Waals surface area contributed by atoms with Crippen LogP contribution < -0.4 is 5.73 Å². The van der Waals surface area contributed by atoms with Gasteiger partial charge in [0, 0.05) is 18.1 Å². The van der Waals surface area contributed by atoms with Crippen LogP contribution in [0.4, 0.5) is 0 Å². The lowest BCUT2D eigenvalue weighted by Crippen LogP contribution is -2.46. The Labute approximate surface area is 113 Å². The molecule has 0 aromatic heterocycles. The van der Waals surface area contributed by atoms with Gasteiger partial charge in [-0.05, 0) is 57.4 Å². The third-order valence-corrected chi connectivity index (χ3v) is 4.97. The molecule has 0 bridgehead atoms. The molecule has 0 spiro atoms. The standard InChI is InChI=1S/C16H32N2/c1-13(2)11-12-18(15-5-3-4-6-15)16-9-7-14(17)8-10-16/h13-16H,3-12,17H2,1-2H3. The Morgan fingerprint density at radius 3 is 2.06 bits per heavy atom. The van der Waals surface area contributed by atoms with Crippen LogP contribution in [0, 0.1) is 5.92 Å². The monoisotopic (exact) mass is 252 g/mol. The number of nitrogens with two attached hydrogens (primary N) is 1. The smallest absolute Gasteiger partial charge is 0.00993 e. The van der Waals surface area contributed by atoms with E-state index in [1.54, 1.807) is 0 Å². The molecule has 0 saturated heterocycles. The lowest BCUT2D eigenvalue weighted by molar-refractivity contribution is 0.0959. The van der Waals surface area contributed by atoms with Gasteiger partial charge in [0.05, 0.1) is 0 Å². The second kappa shape index (κ2) is 6.91. The minimum Gasteiger partial charge on any atom is -0.328 e. The number of nitrogens with zero attached hydrogens (tertiary/aromatic N) is 1. The van der Waals surface area contributed by atoms with Crippen molar-refractivity contribution in [2.75, 3.05) is 6.54 Å². The van der Waals surface area contributed by atoms with Gasteiger partial charge >= 0.3 is 0 Å². The summed E-state index contributed by atoms with van der Waals surface area (Å²) in [5, 5.41) is 0. The van der Waals surface area contributed by atoms with E-state index in [2.05, 4.69) is 18.7 Å². The summed E-state index contributed by atoms with van der Waals surface area (Å²) in [6, 6.07) is 2.21. The minimum absolute atomic E-state index is 0.483. The molecule has 2 nitrogen and oxygen atoms in total. The Bertz CT molecular complexity index is 225. The third-order valence-electron chi connectivity index (χ3n) is 4.97. The molecule has 0 aliphatic heterocycles. The first kappa shape index (κ1) is 14.3. The molecule has 2 N–H and O–H groups in total. The van der Waals surface area contributed by atoms with Crippen LogP contribution in [0.2, 0.25) is 0 Å².